The van der Waals surface area contributed by atoms with Crippen molar-refractivity contribution >= 4 is 11.6 Å². The van der Waals surface area contributed by atoms with Crippen molar-refractivity contribution < 1.29 is 19.7 Å². The minimum absolute atomic E-state index is 0.119. The lowest BCUT2D eigenvalue weighted by atomic mass is 9.90. The van der Waals surface area contributed by atoms with E-state index in [4.69, 9.17) is 9.84 Å². The summed E-state index contributed by atoms with van der Waals surface area (Å²) in [6.45, 7) is 3.79. The zero-order valence-electron chi connectivity index (χ0n) is 14.4. The van der Waals surface area contributed by atoms with Gasteiger partial charge >= 0.3 is 0 Å². The van der Waals surface area contributed by atoms with E-state index in [1.165, 1.54) is 0 Å². The highest BCUT2D eigenvalue weighted by molar-refractivity contribution is 6.07. The molecule has 2 N–H and O–H groups in total. The van der Waals surface area contributed by atoms with Crippen LogP contribution in [0.2, 0.25) is 0 Å². The Morgan fingerprint density at radius 2 is 1.84 bits per heavy atom. The van der Waals surface area contributed by atoms with Gasteiger partial charge in [0.05, 0.1) is 24.9 Å². The van der Waals surface area contributed by atoms with Gasteiger partial charge in [-0.15, -0.1) is 0 Å². The Bertz CT molecular complexity index is 744. The molecule has 5 heteroatoms. The van der Waals surface area contributed by atoms with Crippen LogP contribution >= 0.6 is 0 Å². The zero-order chi connectivity index (χ0) is 18.0. The normalized spacial score (nSPS) is 22.6. The van der Waals surface area contributed by atoms with Gasteiger partial charge in [-0.2, -0.15) is 0 Å². The molecule has 5 nitrogen and oxygen atoms in total. The molecular formula is C20H23NO4. The minimum Gasteiger partial charge on any atom is -0.394 e. The number of amides is 1. The summed E-state index contributed by atoms with van der Waals surface area (Å²) in [6, 6.07) is 14.4. The second-order valence-corrected chi connectivity index (χ2v) is 6.35. The van der Waals surface area contributed by atoms with E-state index in [1.54, 1.807) is 17.0 Å². The first-order valence-corrected chi connectivity index (χ1v) is 8.44. The Morgan fingerprint density at radius 1 is 1.16 bits per heavy atom. The molecule has 2 aromatic carbocycles. The number of carbonyl (C=O) groups excluding carboxylic acids is 1. The number of fused-ring (bicyclic) bond motifs is 1. The Labute approximate surface area is 147 Å². The number of aliphatic hydroxyl groups excluding tert-OH is 2. The van der Waals surface area contributed by atoms with Gasteiger partial charge in [0.25, 0.3) is 5.91 Å². The Balaban J connectivity index is 2.01. The van der Waals surface area contributed by atoms with Crippen molar-refractivity contribution in [2.45, 2.75) is 32.1 Å². The lowest BCUT2D eigenvalue weighted by molar-refractivity contribution is -0.0608. The van der Waals surface area contributed by atoms with Crippen LogP contribution in [-0.4, -0.2) is 41.5 Å². The predicted octanol–water partition coefficient (Wildman–Crippen LogP) is 2.45. The summed E-state index contributed by atoms with van der Waals surface area (Å²) >= 11 is 0. The van der Waals surface area contributed by atoms with Gasteiger partial charge in [-0.1, -0.05) is 35.9 Å². The predicted molar refractivity (Wildman–Crippen MR) is 95.7 cm³/mol. The number of hydrogen-bond donors (Lipinski definition) is 2. The molecule has 132 valence electrons. The van der Waals surface area contributed by atoms with E-state index < -0.39 is 18.2 Å². The van der Waals surface area contributed by atoms with Crippen molar-refractivity contribution in [3.05, 3.63) is 65.2 Å². The van der Waals surface area contributed by atoms with Crippen molar-refractivity contribution in [2.24, 2.45) is 0 Å². The van der Waals surface area contributed by atoms with Gasteiger partial charge in [-0.3, -0.25) is 4.79 Å². The van der Waals surface area contributed by atoms with Crippen molar-refractivity contribution in [2.75, 3.05) is 18.1 Å². The van der Waals surface area contributed by atoms with E-state index in [0.717, 1.165) is 16.8 Å². The Kier molecular flexibility index (Phi) is 5.18. The average molecular weight is 341 g/mol. The molecule has 1 heterocycles. The molecule has 2 aromatic rings. The lowest BCUT2D eigenvalue weighted by Crippen LogP contribution is -2.52. The van der Waals surface area contributed by atoms with E-state index in [-0.39, 0.29) is 19.1 Å². The number of carbonyl (C=O) groups is 1. The summed E-state index contributed by atoms with van der Waals surface area (Å²) in [6.07, 6.45) is -1.45. The third kappa shape index (κ3) is 3.31. The summed E-state index contributed by atoms with van der Waals surface area (Å²) in [4.78, 5) is 14.7. The molecule has 0 saturated carbocycles. The van der Waals surface area contributed by atoms with Crippen LogP contribution in [0.15, 0.2) is 48.5 Å². The maximum Gasteiger partial charge on any atom is 0.258 e. The number of para-hydroxylation sites is 1. The average Bonchev–Trinajstić information content (AvgIpc) is 2.62. The Morgan fingerprint density at radius 3 is 2.52 bits per heavy atom. The van der Waals surface area contributed by atoms with Crippen LogP contribution in [0.5, 0.6) is 0 Å². The molecule has 25 heavy (non-hydrogen) atoms. The quantitative estimate of drug-likeness (QED) is 0.896. The number of aliphatic hydroxyl groups is 2. The molecule has 3 atom stereocenters. The van der Waals surface area contributed by atoms with E-state index >= 15 is 0 Å². The number of ether oxygens (including phenoxy) is 1. The van der Waals surface area contributed by atoms with Crippen LogP contribution in [0.1, 0.15) is 34.5 Å². The molecule has 0 aromatic heterocycles. The number of aryl methyl sites for hydroxylation is 1. The van der Waals surface area contributed by atoms with Crippen LogP contribution in [-0.2, 0) is 4.74 Å². The summed E-state index contributed by atoms with van der Waals surface area (Å²) in [5.41, 5.74) is 3.14. The second kappa shape index (κ2) is 7.35. The van der Waals surface area contributed by atoms with Gasteiger partial charge in [0.2, 0.25) is 0 Å². The summed E-state index contributed by atoms with van der Waals surface area (Å²) < 4.78 is 5.65. The number of anilines is 1. The summed E-state index contributed by atoms with van der Waals surface area (Å²) in [5.74, 6) is -0.153. The smallest absolute Gasteiger partial charge is 0.258 e. The maximum absolute atomic E-state index is 13.1. The van der Waals surface area contributed by atoms with Crippen molar-refractivity contribution in [3.63, 3.8) is 0 Å². The van der Waals surface area contributed by atoms with Gasteiger partial charge in [-0.05, 0) is 32.0 Å². The fourth-order valence-electron chi connectivity index (χ4n) is 3.25. The molecule has 0 unspecified atom stereocenters. The molecular weight excluding hydrogens is 318 g/mol. The van der Waals surface area contributed by atoms with Gasteiger partial charge in [-0.25, -0.2) is 0 Å². The Hall–Kier alpha value is -2.21. The highest BCUT2D eigenvalue weighted by Gasteiger charge is 2.41. The van der Waals surface area contributed by atoms with E-state index in [9.17, 15) is 9.90 Å². The fourth-order valence-corrected chi connectivity index (χ4v) is 3.25. The van der Waals surface area contributed by atoms with Gasteiger partial charge in [0, 0.05) is 11.1 Å². The van der Waals surface area contributed by atoms with Crippen LogP contribution in [0.3, 0.4) is 0 Å². The maximum atomic E-state index is 13.1. The molecule has 0 bridgehead atoms. The van der Waals surface area contributed by atoms with Gasteiger partial charge in [0.15, 0.2) is 0 Å². The molecule has 1 aliphatic heterocycles. The van der Waals surface area contributed by atoms with Crippen LogP contribution in [0, 0.1) is 6.92 Å². The number of benzene rings is 2. The molecule has 1 amide bonds. The second-order valence-electron chi connectivity index (χ2n) is 6.35. The minimum atomic E-state index is -0.879. The topological polar surface area (TPSA) is 70.0 Å². The van der Waals surface area contributed by atoms with Crippen LogP contribution < -0.4 is 4.90 Å². The first-order chi connectivity index (χ1) is 12.0. The number of hydrogen-bond acceptors (Lipinski definition) is 4. The lowest BCUT2D eigenvalue weighted by Gasteiger charge is -2.42. The van der Waals surface area contributed by atoms with Crippen molar-refractivity contribution in [1.29, 1.82) is 0 Å². The van der Waals surface area contributed by atoms with E-state index in [0.29, 0.717) is 5.56 Å². The zero-order valence-corrected chi connectivity index (χ0v) is 14.4. The summed E-state index contributed by atoms with van der Waals surface area (Å²) in [5, 5.41) is 19.8. The fraction of sp³-hybridized carbons (Fsp3) is 0.350. The number of rotatable bonds is 4. The molecule has 1 aliphatic rings. The number of nitrogens with zero attached hydrogens (tertiary/aromatic N) is 1. The highest BCUT2D eigenvalue weighted by Crippen LogP contribution is 2.39. The van der Waals surface area contributed by atoms with Gasteiger partial charge in [0.1, 0.15) is 12.2 Å². The monoisotopic (exact) mass is 341 g/mol. The molecule has 3 rings (SSSR count). The van der Waals surface area contributed by atoms with Crippen molar-refractivity contribution in [3.8, 4) is 0 Å². The van der Waals surface area contributed by atoms with Crippen LogP contribution in [0.25, 0.3) is 0 Å². The van der Waals surface area contributed by atoms with Crippen LogP contribution in [0.4, 0.5) is 5.69 Å². The molecule has 0 aliphatic carbocycles. The SMILES string of the molecule is Cc1ccc(C(=O)N2c3ccccc3[C@H](OCCO)[C@@H](O)[C@@H]2C)cc1. The van der Waals surface area contributed by atoms with Gasteiger partial charge < -0.3 is 19.8 Å². The molecule has 0 fully saturated rings. The standard InChI is InChI=1S/C20H23NO4/c1-13-7-9-15(10-8-13)20(24)21-14(2)18(23)19(25-12-11-22)16-5-3-4-6-17(16)21/h3-10,14,18-19,22-23H,11-12H2,1-2H3/t14-,18-,19-/m0/s1. The summed E-state index contributed by atoms with van der Waals surface area (Å²) in [7, 11) is 0. The molecule has 0 spiro atoms. The third-order valence-corrected chi connectivity index (χ3v) is 4.62. The third-order valence-electron chi connectivity index (χ3n) is 4.62. The molecule has 0 radical (unpaired) electrons. The molecule has 0 saturated heterocycles. The first kappa shape index (κ1) is 17.6. The highest BCUT2D eigenvalue weighted by atomic mass is 16.5. The first-order valence-electron chi connectivity index (χ1n) is 8.44. The van der Waals surface area contributed by atoms with Crippen molar-refractivity contribution in [1.82, 2.24) is 0 Å². The van der Waals surface area contributed by atoms with E-state index in [1.807, 2.05) is 50.2 Å². The van der Waals surface area contributed by atoms with E-state index in [2.05, 4.69) is 0 Å². The largest absolute Gasteiger partial charge is 0.394 e.